The SMILES string of the molecule is N#Cc1cc(-c2cc(F)ccc2F)n(-c2ccccc2)n1. The molecule has 3 rings (SSSR count). The van der Waals surface area contributed by atoms with Crippen molar-refractivity contribution in [3.05, 3.63) is 71.9 Å². The van der Waals surface area contributed by atoms with Gasteiger partial charge >= 0.3 is 0 Å². The molecule has 0 N–H and O–H groups in total. The van der Waals surface area contributed by atoms with Crippen LogP contribution in [0.1, 0.15) is 5.69 Å². The smallest absolute Gasteiger partial charge is 0.163 e. The largest absolute Gasteiger partial charge is 0.232 e. The van der Waals surface area contributed by atoms with Crippen molar-refractivity contribution >= 4 is 0 Å². The third kappa shape index (κ3) is 2.39. The number of hydrogen-bond donors (Lipinski definition) is 0. The van der Waals surface area contributed by atoms with Crippen molar-refractivity contribution in [3.63, 3.8) is 0 Å². The number of para-hydroxylation sites is 1. The lowest BCUT2D eigenvalue weighted by molar-refractivity contribution is 0.602. The molecule has 0 radical (unpaired) electrons. The first-order valence-corrected chi connectivity index (χ1v) is 6.20. The average Bonchev–Trinajstić information content (AvgIpc) is 2.95. The lowest BCUT2D eigenvalue weighted by atomic mass is 10.1. The summed E-state index contributed by atoms with van der Waals surface area (Å²) in [7, 11) is 0. The average molecular weight is 281 g/mol. The van der Waals surface area contributed by atoms with Gasteiger partial charge in [0.15, 0.2) is 5.69 Å². The van der Waals surface area contributed by atoms with E-state index in [1.807, 2.05) is 12.1 Å². The van der Waals surface area contributed by atoms with Crippen LogP contribution in [0.15, 0.2) is 54.6 Å². The number of aromatic nitrogens is 2. The molecule has 0 spiro atoms. The molecule has 0 aliphatic heterocycles. The lowest BCUT2D eigenvalue weighted by Gasteiger charge is -2.08. The molecule has 0 amide bonds. The topological polar surface area (TPSA) is 41.6 Å². The number of nitrogens with zero attached hydrogens (tertiary/aromatic N) is 3. The van der Waals surface area contributed by atoms with E-state index in [1.54, 1.807) is 24.3 Å². The van der Waals surface area contributed by atoms with Gasteiger partial charge < -0.3 is 0 Å². The fourth-order valence-corrected chi connectivity index (χ4v) is 2.09. The van der Waals surface area contributed by atoms with Gasteiger partial charge in [-0.05, 0) is 30.3 Å². The molecule has 0 aliphatic carbocycles. The molecule has 0 aliphatic rings. The predicted molar refractivity (Wildman–Crippen MR) is 73.6 cm³/mol. The third-order valence-electron chi connectivity index (χ3n) is 3.03. The maximum absolute atomic E-state index is 14.0. The standard InChI is InChI=1S/C16H9F2N3/c17-11-6-7-15(18)14(8-11)16-9-12(10-19)20-21(16)13-4-2-1-3-5-13/h1-9H. The van der Waals surface area contributed by atoms with E-state index in [0.717, 1.165) is 18.2 Å². The van der Waals surface area contributed by atoms with Crippen molar-refractivity contribution in [1.82, 2.24) is 9.78 Å². The second kappa shape index (κ2) is 5.17. The van der Waals surface area contributed by atoms with E-state index < -0.39 is 11.6 Å². The summed E-state index contributed by atoms with van der Waals surface area (Å²) in [4.78, 5) is 0. The van der Waals surface area contributed by atoms with Crippen molar-refractivity contribution in [2.75, 3.05) is 0 Å². The van der Waals surface area contributed by atoms with Gasteiger partial charge in [0.1, 0.15) is 17.7 Å². The van der Waals surface area contributed by atoms with Crippen LogP contribution < -0.4 is 0 Å². The van der Waals surface area contributed by atoms with Crippen LogP contribution in [0, 0.1) is 23.0 Å². The number of nitriles is 1. The van der Waals surface area contributed by atoms with Crippen molar-refractivity contribution in [3.8, 4) is 23.0 Å². The summed E-state index contributed by atoms with van der Waals surface area (Å²) < 4.78 is 28.8. The third-order valence-corrected chi connectivity index (χ3v) is 3.03. The Hall–Kier alpha value is -3.00. The molecule has 0 bridgehead atoms. The van der Waals surface area contributed by atoms with Gasteiger partial charge in [0, 0.05) is 11.6 Å². The molecule has 5 heteroatoms. The molecule has 0 fully saturated rings. The maximum Gasteiger partial charge on any atom is 0.163 e. The predicted octanol–water partition coefficient (Wildman–Crippen LogP) is 3.69. The van der Waals surface area contributed by atoms with Crippen LogP contribution in [-0.4, -0.2) is 9.78 Å². The van der Waals surface area contributed by atoms with Crippen LogP contribution in [0.4, 0.5) is 8.78 Å². The molecular weight excluding hydrogens is 272 g/mol. The highest BCUT2D eigenvalue weighted by atomic mass is 19.1. The minimum absolute atomic E-state index is 0.0628. The molecule has 0 unspecified atom stereocenters. The highest BCUT2D eigenvalue weighted by molar-refractivity contribution is 5.64. The van der Waals surface area contributed by atoms with E-state index in [2.05, 4.69) is 5.10 Å². The summed E-state index contributed by atoms with van der Waals surface area (Å²) in [5.41, 5.74) is 1.19. The highest BCUT2D eigenvalue weighted by Gasteiger charge is 2.15. The Balaban J connectivity index is 2.26. The first kappa shape index (κ1) is 13.0. The highest BCUT2D eigenvalue weighted by Crippen LogP contribution is 2.27. The van der Waals surface area contributed by atoms with E-state index in [0.29, 0.717) is 11.4 Å². The fourth-order valence-electron chi connectivity index (χ4n) is 2.09. The second-order valence-electron chi connectivity index (χ2n) is 4.40. The van der Waals surface area contributed by atoms with Crippen LogP contribution in [0.5, 0.6) is 0 Å². The van der Waals surface area contributed by atoms with E-state index >= 15 is 0 Å². The summed E-state index contributed by atoms with van der Waals surface area (Å²) in [6.45, 7) is 0. The van der Waals surface area contributed by atoms with Crippen LogP contribution in [0.2, 0.25) is 0 Å². The molecule has 2 aromatic carbocycles. The molecule has 3 nitrogen and oxygen atoms in total. The minimum Gasteiger partial charge on any atom is -0.232 e. The first-order chi connectivity index (χ1) is 10.2. The zero-order valence-electron chi connectivity index (χ0n) is 10.8. The molecule has 102 valence electrons. The fraction of sp³-hybridized carbons (Fsp3) is 0. The molecule has 21 heavy (non-hydrogen) atoms. The van der Waals surface area contributed by atoms with E-state index in [-0.39, 0.29) is 11.3 Å². The molecule has 0 atom stereocenters. The van der Waals surface area contributed by atoms with Gasteiger partial charge in [-0.25, -0.2) is 13.5 Å². The number of rotatable bonds is 2. The summed E-state index contributed by atoms with van der Waals surface area (Å²) in [6, 6.07) is 15.5. The molecule has 3 aromatic rings. The van der Waals surface area contributed by atoms with Crippen LogP contribution in [0.25, 0.3) is 16.9 Å². The van der Waals surface area contributed by atoms with E-state index in [9.17, 15) is 8.78 Å². The Morgan fingerprint density at radius 1 is 1.00 bits per heavy atom. The summed E-state index contributed by atoms with van der Waals surface area (Å²) >= 11 is 0. The van der Waals surface area contributed by atoms with Crippen LogP contribution in [0.3, 0.4) is 0 Å². The van der Waals surface area contributed by atoms with Gasteiger partial charge in [-0.1, -0.05) is 18.2 Å². The zero-order valence-corrected chi connectivity index (χ0v) is 10.8. The van der Waals surface area contributed by atoms with Gasteiger partial charge in [-0.15, -0.1) is 0 Å². The second-order valence-corrected chi connectivity index (χ2v) is 4.40. The van der Waals surface area contributed by atoms with E-state index in [4.69, 9.17) is 5.26 Å². The van der Waals surface area contributed by atoms with Crippen LogP contribution >= 0.6 is 0 Å². The Kier molecular flexibility index (Phi) is 3.20. The Morgan fingerprint density at radius 3 is 2.48 bits per heavy atom. The zero-order chi connectivity index (χ0) is 14.8. The first-order valence-electron chi connectivity index (χ1n) is 6.20. The van der Waals surface area contributed by atoms with Gasteiger partial charge in [-0.2, -0.15) is 10.4 Å². The van der Waals surface area contributed by atoms with Crippen molar-refractivity contribution < 1.29 is 8.78 Å². The van der Waals surface area contributed by atoms with Gasteiger partial charge in [0.05, 0.1) is 11.4 Å². The summed E-state index contributed by atoms with van der Waals surface area (Å²) in [6.07, 6.45) is 0. The van der Waals surface area contributed by atoms with Crippen molar-refractivity contribution in [2.45, 2.75) is 0 Å². The number of halogens is 2. The molecule has 0 saturated heterocycles. The molecule has 1 heterocycles. The van der Waals surface area contributed by atoms with Gasteiger partial charge in [0.2, 0.25) is 0 Å². The number of hydrogen-bond acceptors (Lipinski definition) is 2. The quantitative estimate of drug-likeness (QED) is 0.719. The lowest BCUT2D eigenvalue weighted by Crippen LogP contribution is -2.00. The van der Waals surface area contributed by atoms with Gasteiger partial charge in [0.25, 0.3) is 0 Å². The molecule has 1 aromatic heterocycles. The van der Waals surface area contributed by atoms with Crippen molar-refractivity contribution in [1.29, 1.82) is 5.26 Å². The van der Waals surface area contributed by atoms with Crippen LogP contribution in [-0.2, 0) is 0 Å². The molecule has 0 saturated carbocycles. The monoisotopic (exact) mass is 281 g/mol. The molecular formula is C16H9F2N3. The maximum atomic E-state index is 14.0. The Morgan fingerprint density at radius 2 is 1.76 bits per heavy atom. The van der Waals surface area contributed by atoms with Gasteiger partial charge in [-0.3, -0.25) is 0 Å². The normalized spacial score (nSPS) is 10.3. The Bertz CT molecular complexity index is 832. The van der Waals surface area contributed by atoms with E-state index in [1.165, 1.54) is 10.7 Å². The minimum atomic E-state index is -0.571. The summed E-state index contributed by atoms with van der Waals surface area (Å²) in [5, 5.41) is 13.1. The Labute approximate surface area is 119 Å². The number of benzene rings is 2. The van der Waals surface area contributed by atoms with Crippen molar-refractivity contribution in [2.24, 2.45) is 0 Å². The summed E-state index contributed by atoms with van der Waals surface area (Å²) in [5.74, 6) is -1.12.